The Labute approximate surface area is 134 Å². The average Bonchev–Trinajstić information content (AvgIpc) is 2.51. The maximum absolute atomic E-state index is 12.1. The van der Waals surface area contributed by atoms with E-state index < -0.39 is 15.2 Å². The Morgan fingerprint density at radius 3 is 2.05 bits per heavy atom. The lowest BCUT2D eigenvalue weighted by Crippen LogP contribution is -2.30. The highest BCUT2D eigenvalue weighted by Gasteiger charge is 2.38. The summed E-state index contributed by atoms with van der Waals surface area (Å²) in [4.78, 5) is 12.3. The standard InChI is InChI=1S/C17H13ClO3S/c1-22(20,21)13-9-7-12(8-10-13)14-15(17(19)16(14)18)11-5-3-2-4-6-11/h2-10,16H,1H3. The number of benzene rings is 2. The Kier molecular flexibility index (Phi) is 3.67. The predicted molar refractivity (Wildman–Crippen MR) is 87.5 cm³/mol. The molecule has 0 saturated heterocycles. The molecule has 1 aliphatic carbocycles. The zero-order valence-electron chi connectivity index (χ0n) is 11.8. The maximum Gasteiger partial charge on any atom is 0.186 e. The van der Waals surface area contributed by atoms with E-state index in [-0.39, 0.29) is 10.7 Å². The molecule has 0 N–H and O–H groups in total. The van der Waals surface area contributed by atoms with Crippen molar-refractivity contribution in [2.45, 2.75) is 10.3 Å². The van der Waals surface area contributed by atoms with E-state index in [1.165, 1.54) is 12.1 Å². The minimum absolute atomic E-state index is 0.102. The van der Waals surface area contributed by atoms with Crippen molar-refractivity contribution in [2.75, 3.05) is 6.26 Å². The first kappa shape index (κ1) is 15.0. The summed E-state index contributed by atoms with van der Waals surface area (Å²) in [5.41, 5.74) is 2.95. The molecule has 1 unspecified atom stereocenters. The van der Waals surface area contributed by atoms with Crippen molar-refractivity contribution in [3.8, 4) is 0 Å². The third kappa shape index (κ3) is 2.49. The Balaban J connectivity index is 2.09. The van der Waals surface area contributed by atoms with Gasteiger partial charge < -0.3 is 0 Å². The van der Waals surface area contributed by atoms with E-state index in [0.29, 0.717) is 5.57 Å². The highest BCUT2D eigenvalue weighted by Crippen LogP contribution is 2.42. The number of alkyl halides is 1. The summed E-state index contributed by atoms with van der Waals surface area (Å²) in [6.45, 7) is 0. The van der Waals surface area contributed by atoms with Gasteiger partial charge in [0.25, 0.3) is 0 Å². The van der Waals surface area contributed by atoms with Crippen molar-refractivity contribution in [1.29, 1.82) is 0 Å². The fourth-order valence-corrected chi connectivity index (χ4v) is 3.49. The molecule has 112 valence electrons. The second-order valence-corrected chi connectivity index (χ2v) is 7.63. The number of halogens is 1. The summed E-state index contributed by atoms with van der Waals surface area (Å²) in [7, 11) is -3.24. The molecular weight excluding hydrogens is 320 g/mol. The van der Waals surface area contributed by atoms with Crippen molar-refractivity contribution < 1.29 is 13.2 Å². The number of ketones is 1. The molecular formula is C17H13ClO3S. The summed E-state index contributed by atoms with van der Waals surface area (Å²) in [5, 5.41) is -0.681. The number of sulfone groups is 1. The Morgan fingerprint density at radius 1 is 0.909 bits per heavy atom. The molecule has 0 radical (unpaired) electrons. The summed E-state index contributed by atoms with van der Waals surface area (Å²) in [6, 6.07) is 15.8. The lowest BCUT2D eigenvalue weighted by molar-refractivity contribution is -0.113. The first-order valence-electron chi connectivity index (χ1n) is 6.68. The van der Waals surface area contributed by atoms with E-state index in [0.717, 1.165) is 23.0 Å². The van der Waals surface area contributed by atoms with Crippen LogP contribution in [0.2, 0.25) is 0 Å². The van der Waals surface area contributed by atoms with E-state index in [4.69, 9.17) is 11.6 Å². The molecule has 5 heteroatoms. The van der Waals surface area contributed by atoms with Crippen LogP contribution in [0.4, 0.5) is 0 Å². The van der Waals surface area contributed by atoms with Gasteiger partial charge in [-0.1, -0.05) is 42.5 Å². The number of carbonyl (C=O) groups excluding carboxylic acids is 1. The van der Waals surface area contributed by atoms with Gasteiger partial charge >= 0.3 is 0 Å². The summed E-state index contributed by atoms with van der Waals surface area (Å²) < 4.78 is 23.0. The van der Waals surface area contributed by atoms with Crippen LogP contribution in [0.15, 0.2) is 59.5 Å². The monoisotopic (exact) mass is 332 g/mol. The second-order valence-electron chi connectivity index (χ2n) is 5.18. The zero-order valence-corrected chi connectivity index (χ0v) is 13.4. The summed E-state index contributed by atoms with van der Waals surface area (Å²) in [6.07, 6.45) is 1.16. The van der Waals surface area contributed by atoms with E-state index in [2.05, 4.69) is 0 Å². The van der Waals surface area contributed by atoms with Gasteiger partial charge in [-0.3, -0.25) is 4.79 Å². The summed E-state index contributed by atoms with van der Waals surface area (Å²) in [5.74, 6) is -0.102. The highest BCUT2D eigenvalue weighted by molar-refractivity contribution is 7.90. The van der Waals surface area contributed by atoms with Crippen LogP contribution in [-0.2, 0) is 14.6 Å². The minimum atomic E-state index is -3.24. The van der Waals surface area contributed by atoms with Crippen LogP contribution in [0.3, 0.4) is 0 Å². The third-order valence-corrected chi connectivity index (χ3v) is 5.20. The quantitative estimate of drug-likeness (QED) is 0.811. The van der Waals surface area contributed by atoms with Crippen LogP contribution < -0.4 is 0 Å². The zero-order chi connectivity index (χ0) is 15.9. The number of allylic oxidation sites excluding steroid dienone is 2. The van der Waals surface area contributed by atoms with Crippen LogP contribution >= 0.6 is 11.6 Å². The number of carbonyl (C=O) groups is 1. The number of Topliss-reactive ketones (excluding diaryl/α,β-unsaturated/α-hetero) is 1. The molecule has 3 nitrogen and oxygen atoms in total. The van der Waals surface area contributed by atoms with Gasteiger partial charge in [-0.15, -0.1) is 11.6 Å². The molecule has 0 aromatic heterocycles. The molecule has 1 atom stereocenters. The lowest BCUT2D eigenvalue weighted by atomic mass is 9.78. The van der Waals surface area contributed by atoms with Gasteiger partial charge in [-0.05, 0) is 28.8 Å². The van der Waals surface area contributed by atoms with Crippen molar-refractivity contribution >= 4 is 38.4 Å². The fraction of sp³-hybridized carbons (Fsp3) is 0.118. The van der Waals surface area contributed by atoms with Gasteiger partial charge in [0.05, 0.1) is 4.90 Å². The molecule has 1 aliphatic rings. The Bertz CT molecular complexity index is 866. The molecule has 3 rings (SSSR count). The smallest absolute Gasteiger partial charge is 0.186 e. The van der Waals surface area contributed by atoms with Gasteiger partial charge in [0.15, 0.2) is 15.6 Å². The fourth-order valence-electron chi connectivity index (χ4n) is 2.51. The normalized spacial score (nSPS) is 18.3. The van der Waals surface area contributed by atoms with E-state index >= 15 is 0 Å². The molecule has 0 amide bonds. The van der Waals surface area contributed by atoms with Crippen LogP contribution in [0, 0.1) is 0 Å². The minimum Gasteiger partial charge on any atom is -0.292 e. The van der Waals surface area contributed by atoms with Crippen LogP contribution in [0.5, 0.6) is 0 Å². The highest BCUT2D eigenvalue weighted by atomic mass is 35.5. The van der Waals surface area contributed by atoms with Crippen LogP contribution in [0.25, 0.3) is 11.1 Å². The molecule has 22 heavy (non-hydrogen) atoms. The van der Waals surface area contributed by atoms with Crippen molar-refractivity contribution in [2.24, 2.45) is 0 Å². The van der Waals surface area contributed by atoms with Gasteiger partial charge in [0.1, 0.15) is 5.38 Å². The van der Waals surface area contributed by atoms with Gasteiger partial charge in [0.2, 0.25) is 0 Å². The first-order valence-corrected chi connectivity index (χ1v) is 9.01. The molecule has 0 saturated carbocycles. The number of rotatable bonds is 3. The van der Waals surface area contributed by atoms with Gasteiger partial charge in [-0.25, -0.2) is 8.42 Å². The van der Waals surface area contributed by atoms with Crippen LogP contribution in [0.1, 0.15) is 11.1 Å². The lowest BCUT2D eigenvalue weighted by Gasteiger charge is -2.28. The Morgan fingerprint density at radius 2 is 1.50 bits per heavy atom. The predicted octanol–water partition coefficient (Wildman–Crippen LogP) is 3.19. The first-order chi connectivity index (χ1) is 10.4. The largest absolute Gasteiger partial charge is 0.292 e. The topological polar surface area (TPSA) is 51.2 Å². The van der Waals surface area contributed by atoms with Gasteiger partial charge in [0, 0.05) is 11.8 Å². The molecule has 0 spiro atoms. The molecule has 2 aromatic carbocycles. The van der Waals surface area contributed by atoms with E-state index in [1.54, 1.807) is 12.1 Å². The van der Waals surface area contributed by atoms with Crippen molar-refractivity contribution in [3.05, 3.63) is 65.7 Å². The second kappa shape index (κ2) is 5.38. The molecule has 2 aromatic rings. The molecule has 0 aliphatic heterocycles. The van der Waals surface area contributed by atoms with Crippen molar-refractivity contribution in [1.82, 2.24) is 0 Å². The molecule has 0 bridgehead atoms. The van der Waals surface area contributed by atoms with E-state index in [9.17, 15) is 13.2 Å². The van der Waals surface area contributed by atoms with E-state index in [1.807, 2.05) is 30.3 Å². The molecule has 0 heterocycles. The maximum atomic E-state index is 12.1. The van der Waals surface area contributed by atoms with Crippen molar-refractivity contribution in [3.63, 3.8) is 0 Å². The van der Waals surface area contributed by atoms with Crippen LogP contribution in [-0.4, -0.2) is 25.8 Å². The summed E-state index contributed by atoms with van der Waals surface area (Å²) >= 11 is 6.15. The van der Waals surface area contributed by atoms with Gasteiger partial charge in [-0.2, -0.15) is 0 Å². The average molecular weight is 333 g/mol. The number of hydrogen-bond donors (Lipinski definition) is 0. The molecule has 0 fully saturated rings. The number of hydrogen-bond acceptors (Lipinski definition) is 3. The third-order valence-electron chi connectivity index (χ3n) is 3.66. The Hall–Kier alpha value is -1.91. The SMILES string of the molecule is CS(=O)(=O)c1ccc(C2=C(c3ccccc3)C(=O)C2Cl)cc1.